The van der Waals surface area contributed by atoms with E-state index in [4.69, 9.17) is 8.83 Å². The summed E-state index contributed by atoms with van der Waals surface area (Å²) in [4.78, 5) is 36.4. The molecule has 0 atom stereocenters. The second kappa shape index (κ2) is 7.14. The zero-order valence-corrected chi connectivity index (χ0v) is 16.6. The average Bonchev–Trinajstić information content (AvgIpc) is 2.90. The Balaban J connectivity index is 2.04. The third-order valence-electron chi connectivity index (χ3n) is 5.33. The molecule has 2 aromatic heterocycles. The lowest BCUT2D eigenvalue weighted by Gasteiger charge is -2.17. The van der Waals surface area contributed by atoms with Gasteiger partial charge in [-0.15, -0.1) is 0 Å². The molecule has 0 aliphatic rings. The molecule has 0 radical (unpaired) electrons. The molecular weight excluding hydrogens is 362 g/mol. The van der Waals surface area contributed by atoms with Crippen molar-refractivity contribution in [2.75, 3.05) is 13.6 Å². The van der Waals surface area contributed by atoms with E-state index in [9.17, 15) is 19.5 Å². The van der Waals surface area contributed by atoms with Crippen LogP contribution in [0.15, 0.2) is 19.7 Å². The van der Waals surface area contributed by atoms with E-state index in [-0.39, 0.29) is 18.7 Å². The van der Waals surface area contributed by atoms with Gasteiger partial charge in [-0.05, 0) is 51.3 Å². The number of nitrogens with zero attached hydrogens (tertiary/aromatic N) is 1. The number of rotatable bonds is 5. The number of hydrogen-bond donors (Lipinski definition) is 0. The molecule has 0 aliphatic heterocycles. The summed E-state index contributed by atoms with van der Waals surface area (Å²) in [5.41, 5.74) is 3.66. The number of carboxylic acid groups (broad SMARTS) is 1. The van der Waals surface area contributed by atoms with Crippen LogP contribution >= 0.6 is 0 Å². The monoisotopic (exact) mass is 384 g/mol. The molecule has 7 nitrogen and oxygen atoms in total. The maximum atomic E-state index is 12.5. The molecule has 0 aliphatic carbocycles. The van der Waals surface area contributed by atoms with Crippen LogP contribution in [0.1, 0.15) is 34.4 Å². The number of likely N-dealkylation sites (N-methyl/N-ethyl adjacent to an activating group) is 1. The van der Waals surface area contributed by atoms with E-state index >= 15 is 0 Å². The number of furan rings is 1. The maximum Gasteiger partial charge on any atom is 0.339 e. The molecular formula is C21H22NO6-. The Labute approximate surface area is 161 Å². The van der Waals surface area contributed by atoms with Crippen molar-refractivity contribution < 1.29 is 23.5 Å². The highest BCUT2D eigenvalue weighted by atomic mass is 16.4. The van der Waals surface area contributed by atoms with E-state index in [1.807, 2.05) is 33.8 Å². The summed E-state index contributed by atoms with van der Waals surface area (Å²) in [7, 11) is 1.39. The number of carboxylic acids is 1. The number of fused-ring (bicyclic) bond motifs is 2. The van der Waals surface area contributed by atoms with Crippen molar-refractivity contribution >= 4 is 33.8 Å². The Morgan fingerprint density at radius 3 is 2.25 bits per heavy atom. The van der Waals surface area contributed by atoms with Gasteiger partial charge in [0.2, 0.25) is 5.91 Å². The molecule has 3 aromatic rings. The Morgan fingerprint density at radius 2 is 1.61 bits per heavy atom. The van der Waals surface area contributed by atoms with E-state index < -0.39 is 18.1 Å². The number of amides is 1. The third kappa shape index (κ3) is 3.28. The van der Waals surface area contributed by atoms with E-state index in [0.717, 1.165) is 38.1 Å². The molecule has 7 heteroatoms. The van der Waals surface area contributed by atoms with Gasteiger partial charge in [0, 0.05) is 35.4 Å². The van der Waals surface area contributed by atoms with Gasteiger partial charge >= 0.3 is 5.63 Å². The smallest absolute Gasteiger partial charge is 0.339 e. The molecule has 2 heterocycles. The van der Waals surface area contributed by atoms with Gasteiger partial charge in [0.15, 0.2) is 0 Å². The quantitative estimate of drug-likeness (QED) is 0.623. The fraction of sp³-hybridized carbons (Fsp3) is 0.381. The number of aryl methyl sites for hydroxylation is 4. The standard InChI is InChI=1S/C21H23NO6/c1-10-13(4)27-19-12(3)20-16(8-15(10)19)11(2)14(21(26)28-20)6-7-17(23)22(5)9-18(24)25/h8H,6-7,9H2,1-5H3,(H,24,25)/p-1. The Bertz CT molecular complexity index is 1170. The van der Waals surface area contributed by atoms with Crippen LogP contribution < -0.4 is 10.7 Å². The van der Waals surface area contributed by atoms with Crippen LogP contribution in [0.5, 0.6) is 0 Å². The number of carbonyl (C=O) groups is 2. The maximum absolute atomic E-state index is 12.5. The number of carbonyl (C=O) groups excluding carboxylic acids is 2. The van der Waals surface area contributed by atoms with E-state index in [1.54, 1.807) is 0 Å². The first-order chi connectivity index (χ1) is 13.1. The summed E-state index contributed by atoms with van der Waals surface area (Å²) in [6.45, 7) is 7.07. The largest absolute Gasteiger partial charge is 0.548 e. The third-order valence-corrected chi connectivity index (χ3v) is 5.33. The summed E-state index contributed by atoms with van der Waals surface area (Å²) in [5.74, 6) is -0.895. The highest BCUT2D eigenvalue weighted by Crippen LogP contribution is 2.34. The van der Waals surface area contributed by atoms with E-state index in [2.05, 4.69) is 0 Å². The molecule has 0 bridgehead atoms. The first-order valence-corrected chi connectivity index (χ1v) is 9.01. The molecule has 3 rings (SSSR count). The van der Waals surface area contributed by atoms with Gasteiger partial charge in [0.25, 0.3) is 0 Å². The molecule has 28 heavy (non-hydrogen) atoms. The Kier molecular flexibility index (Phi) is 5.02. The number of aliphatic carboxylic acids is 1. The van der Waals surface area contributed by atoms with Crippen LogP contribution in [-0.4, -0.2) is 30.4 Å². The molecule has 0 saturated carbocycles. The molecule has 1 aromatic carbocycles. The molecule has 0 fully saturated rings. The van der Waals surface area contributed by atoms with E-state index in [0.29, 0.717) is 16.7 Å². The number of benzene rings is 1. The summed E-state index contributed by atoms with van der Waals surface area (Å²) < 4.78 is 11.4. The second-order valence-corrected chi connectivity index (χ2v) is 7.15. The van der Waals surface area contributed by atoms with Gasteiger partial charge in [-0.3, -0.25) is 4.79 Å². The van der Waals surface area contributed by atoms with Gasteiger partial charge < -0.3 is 23.6 Å². The van der Waals surface area contributed by atoms with Crippen molar-refractivity contribution in [3.8, 4) is 0 Å². The minimum Gasteiger partial charge on any atom is -0.548 e. The van der Waals surface area contributed by atoms with Crippen LogP contribution in [-0.2, 0) is 16.0 Å². The lowest BCUT2D eigenvalue weighted by molar-refractivity contribution is -0.305. The van der Waals surface area contributed by atoms with Crippen molar-refractivity contribution in [1.82, 2.24) is 4.90 Å². The first-order valence-electron chi connectivity index (χ1n) is 9.01. The normalized spacial score (nSPS) is 11.3. The predicted octanol–water partition coefficient (Wildman–Crippen LogP) is 1.91. The molecule has 0 saturated heterocycles. The van der Waals surface area contributed by atoms with Gasteiger partial charge in [-0.1, -0.05) is 0 Å². The lowest BCUT2D eigenvalue weighted by atomic mass is 9.98. The summed E-state index contributed by atoms with van der Waals surface area (Å²) in [5, 5.41) is 12.4. The lowest BCUT2D eigenvalue weighted by Crippen LogP contribution is -2.39. The fourth-order valence-corrected chi connectivity index (χ4v) is 3.49. The fourth-order valence-electron chi connectivity index (χ4n) is 3.49. The summed E-state index contributed by atoms with van der Waals surface area (Å²) in [6.07, 6.45) is 0.173. The van der Waals surface area contributed by atoms with Crippen LogP contribution in [0.2, 0.25) is 0 Å². The topological polar surface area (TPSA) is 104 Å². The first kappa shape index (κ1) is 19.7. The summed E-state index contributed by atoms with van der Waals surface area (Å²) in [6, 6.07) is 1.95. The molecule has 0 spiro atoms. The zero-order chi connectivity index (χ0) is 20.7. The SMILES string of the molecule is Cc1oc2c(C)c3oc(=O)c(CCC(=O)N(C)CC(=O)[O-])c(C)c3cc2c1C. The minimum atomic E-state index is -1.33. The Morgan fingerprint density at radius 1 is 1.00 bits per heavy atom. The average molecular weight is 384 g/mol. The highest BCUT2D eigenvalue weighted by Gasteiger charge is 2.19. The van der Waals surface area contributed by atoms with Crippen molar-refractivity contribution in [3.63, 3.8) is 0 Å². The van der Waals surface area contributed by atoms with Gasteiger partial charge in [0.1, 0.15) is 16.9 Å². The van der Waals surface area contributed by atoms with Crippen molar-refractivity contribution in [2.45, 2.75) is 40.5 Å². The Hall–Kier alpha value is -3.09. The second-order valence-electron chi connectivity index (χ2n) is 7.15. The molecule has 0 N–H and O–H groups in total. The molecule has 1 amide bonds. The zero-order valence-electron chi connectivity index (χ0n) is 16.6. The van der Waals surface area contributed by atoms with Crippen LogP contribution in [0.25, 0.3) is 21.9 Å². The molecule has 0 unspecified atom stereocenters. The van der Waals surface area contributed by atoms with Crippen molar-refractivity contribution in [1.29, 1.82) is 0 Å². The van der Waals surface area contributed by atoms with Crippen molar-refractivity contribution in [2.24, 2.45) is 0 Å². The van der Waals surface area contributed by atoms with Crippen LogP contribution in [0, 0.1) is 27.7 Å². The van der Waals surface area contributed by atoms with Crippen molar-refractivity contribution in [3.05, 3.63) is 44.5 Å². The highest BCUT2D eigenvalue weighted by molar-refractivity contribution is 6.00. The van der Waals surface area contributed by atoms with Crippen LogP contribution in [0.4, 0.5) is 0 Å². The van der Waals surface area contributed by atoms with Gasteiger partial charge in [-0.25, -0.2) is 4.79 Å². The van der Waals surface area contributed by atoms with Gasteiger partial charge in [-0.2, -0.15) is 0 Å². The van der Waals surface area contributed by atoms with Gasteiger partial charge in [0.05, 0.1) is 12.5 Å². The minimum absolute atomic E-state index is 0.00591. The predicted molar refractivity (Wildman–Crippen MR) is 102 cm³/mol. The number of hydrogen-bond acceptors (Lipinski definition) is 6. The van der Waals surface area contributed by atoms with Crippen LogP contribution in [0.3, 0.4) is 0 Å². The molecule has 148 valence electrons. The van der Waals surface area contributed by atoms with E-state index in [1.165, 1.54) is 7.05 Å². The summed E-state index contributed by atoms with van der Waals surface area (Å²) >= 11 is 0.